The lowest BCUT2D eigenvalue weighted by molar-refractivity contribution is 0.413. The van der Waals surface area contributed by atoms with Gasteiger partial charge >= 0.3 is 0 Å². The third kappa shape index (κ3) is 4.62. The number of aromatic nitrogens is 1. The van der Waals surface area contributed by atoms with Crippen LogP contribution in [0.2, 0.25) is 0 Å². The maximum Gasteiger partial charge on any atom is 0.157 e. The molecule has 0 radical (unpaired) electrons. The minimum atomic E-state index is -3.23. The molecule has 1 aromatic rings. The monoisotopic (exact) mass is 272 g/mol. The van der Waals surface area contributed by atoms with E-state index in [1.807, 2.05) is 6.92 Å². The summed E-state index contributed by atoms with van der Waals surface area (Å²) in [5.74, 6) is 0.507. The number of aryl methyl sites for hydroxylation is 1. The molecule has 0 aliphatic heterocycles. The van der Waals surface area contributed by atoms with Crippen molar-refractivity contribution in [2.75, 3.05) is 12.9 Å². The first-order chi connectivity index (χ1) is 8.36. The van der Waals surface area contributed by atoms with Crippen molar-refractivity contribution in [1.82, 2.24) is 4.98 Å². The molecule has 6 heteroatoms. The second-order valence-corrected chi connectivity index (χ2v) is 6.47. The average Bonchev–Trinajstić information content (AvgIpc) is 2.26. The zero-order valence-electron chi connectivity index (χ0n) is 11.0. The summed E-state index contributed by atoms with van der Waals surface area (Å²) in [6.45, 7) is 3.67. The van der Waals surface area contributed by atoms with E-state index in [-0.39, 0.29) is 17.5 Å². The molecule has 0 bridgehead atoms. The predicted molar refractivity (Wildman–Crippen MR) is 71.3 cm³/mol. The minimum absolute atomic E-state index is 0.0125. The van der Waals surface area contributed by atoms with Crippen molar-refractivity contribution in [3.8, 4) is 5.75 Å². The van der Waals surface area contributed by atoms with Crippen LogP contribution in [0.5, 0.6) is 5.75 Å². The lowest BCUT2D eigenvalue weighted by atomic mass is 10.3. The highest BCUT2D eigenvalue weighted by atomic mass is 32.2. The van der Waals surface area contributed by atoms with Crippen LogP contribution in [0.4, 0.5) is 0 Å². The van der Waals surface area contributed by atoms with Gasteiger partial charge in [-0.2, -0.15) is 0 Å². The highest BCUT2D eigenvalue weighted by Crippen LogP contribution is 2.15. The van der Waals surface area contributed by atoms with Crippen LogP contribution in [0.1, 0.15) is 24.7 Å². The fourth-order valence-corrected chi connectivity index (χ4v) is 3.23. The van der Waals surface area contributed by atoms with Gasteiger partial charge in [0.05, 0.1) is 24.3 Å². The van der Waals surface area contributed by atoms with E-state index >= 15 is 0 Å². The predicted octanol–water partition coefficient (Wildman–Crippen LogP) is 1.05. The van der Waals surface area contributed by atoms with Crippen molar-refractivity contribution < 1.29 is 13.2 Å². The third-order valence-electron chi connectivity index (χ3n) is 2.58. The van der Waals surface area contributed by atoms with Crippen molar-refractivity contribution in [1.29, 1.82) is 0 Å². The molecule has 0 aliphatic carbocycles. The Kier molecular flexibility index (Phi) is 5.10. The van der Waals surface area contributed by atoms with Crippen LogP contribution in [0.25, 0.3) is 0 Å². The molecular weight excluding hydrogens is 252 g/mol. The van der Waals surface area contributed by atoms with Crippen LogP contribution >= 0.6 is 0 Å². The van der Waals surface area contributed by atoms with E-state index in [1.165, 1.54) is 0 Å². The van der Waals surface area contributed by atoms with Crippen molar-refractivity contribution in [3.63, 3.8) is 0 Å². The first-order valence-corrected chi connectivity index (χ1v) is 7.66. The van der Waals surface area contributed by atoms with Crippen molar-refractivity contribution in [2.45, 2.75) is 32.1 Å². The third-order valence-corrected chi connectivity index (χ3v) is 4.25. The Morgan fingerprint density at radius 1 is 1.44 bits per heavy atom. The van der Waals surface area contributed by atoms with Crippen LogP contribution in [0.15, 0.2) is 12.1 Å². The van der Waals surface area contributed by atoms with Gasteiger partial charge in [0, 0.05) is 23.9 Å². The molecule has 102 valence electrons. The number of ether oxygens (including phenoxy) is 1. The summed E-state index contributed by atoms with van der Waals surface area (Å²) in [4.78, 5) is 4.20. The van der Waals surface area contributed by atoms with Crippen molar-refractivity contribution in [3.05, 3.63) is 23.5 Å². The van der Waals surface area contributed by atoms with Gasteiger partial charge in [-0.15, -0.1) is 0 Å². The largest absolute Gasteiger partial charge is 0.497 e. The Balaban J connectivity index is 2.87. The second kappa shape index (κ2) is 6.15. The molecule has 0 spiro atoms. The van der Waals surface area contributed by atoms with E-state index in [1.54, 1.807) is 26.2 Å². The number of pyridine rings is 1. The topological polar surface area (TPSA) is 82.3 Å². The van der Waals surface area contributed by atoms with Gasteiger partial charge in [0.1, 0.15) is 5.75 Å². The second-order valence-electron chi connectivity index (χ2n) is 4.36. The number of hydrogen-bond acceptors (Lipinski definition) is 5. The van der Waals surface area contributed by atoms with Gasteiger partial charge in [0.15, 0.2) is 9.84 Å². The number of nitrogens with two attached hydrogens (primary N) is 1. The molecular formula is C12H20N2O3S. The summed E-state index contributed by atoms with van der Waals surface area (Å²) in [5, 5.41) is 0. The normalized spacial score (nSPS) is 13.3. The van der Waals surface area contributed by atoms with E-state index < -0.39 is 9.84 Å². The molecule has 2 N–H and O–H groups in total. The Morgan fingerprint density at radius 2 is 2.11 bits per heavy atom. The van der Waals surface area contributed by atoms with Crippen LogP contribution < -0.4 is 10.5 Å². The highest BCUT2D eigenvalue weighted by molar-refractivity contribution is 7.90. The van der Waals surface area contributed by atoms with E-state index in [4.69, 9.17) is 10.5 Å². The number of methoxy groups -OCH3 is 1. The highest BCUT2D eigenvalue weighted by Gasteiger charge is 2.17. The molecule has 0 aliphatic rings. The minimum Gasteiger partial charge on any atom is -0.497 e. The van der Waals surface area contributed by atoms with E-state index in [9.17, 15) is 8.42 Å². The van der Waals surface area contributed by atoms with Crippen molar-refractivity contribution >= 4 is 9.84 Å². The smallest absolute Gasteiger partial charge is 0.157 e. The standard InChI is InChI=1S/C12H20N2O3S/c1-4-10(13)7-18(15,16)8-11-6-12(17-3)5-9(2)14-11/h5-6,10H,4,7-8,13H2,1-3H3. The maximum absolute atomic E-state index is 11.9. The van der Waals surface area contributed by atoms with E-state index in [0.717, 1.165) is 5.69 Å². The number of sulfone groups is 1. The van der Waals surface area contributed by atoms with Crippen molar-refractivity contribution in [2.24, 2.45) is 5.73 Å². The Morgan fingerprint density at radius 3 is 2.67 bits per heavy atom. The summed E-state index contributed by atoms with van der Waals surface area (Å²) in [6.07, 6.45) is 0.643. The molecule has 0 amide bonds. The zero-order chi connectivity index (χ0) is 13.8. The summed E-state index contributed by atoms with van der Waals surface area (Å²) in [5.41, 5.74) is 6.91. The molecule has 1 unspecified atom stereocenters. The molecule has 0 saturated heterocycles. The van der Waals surface area contributed by atoms with Gasteiger partial charge in [-0.05, 0) is 13.3 Å². The number of nitrogens with zero attached hydrogens (tertiary/aromatic N) is 1. The molecule has 0 fully saturated rings. The fourth-order valence-electron chi connectivity index (χ4n) is 1.62. The van der Waals surface area contributed by atoms with Crippen LogP contribution in [0.3, 0.4) is 0 Å². The average molecular weight is 272 g/mol. The van der Waals surface area contributed by atoms with Crippen LogP contribution in [-0.2, 0) is 15.6 Å². The first-order valence-electron chi connectivity index (χ1n) is 5.84. The van der Waals surface area contributed by atoms with Gasteiger partial charge in [-0.25, -0.2) is 8.42 Å². The van der Waals surface area contributed by atoms with Crippen LogP contribution in [-0.4, -0.2) is 32.3 Å². The Labute approximate surface area is 108 Å². The molecule has 1 aromatic heterocycles. The molecule has 5 nitrogen and oxygen atoms in total. The molecule has 1 rings (SSSR count). The summed E-state index contributed by atoms with van der Waals surface area (Å²) < 4.78 is 28.9. The van der Waals surface area contributed by atoms with E-state index in [0.29, 0.717) is 17.9 Å². The molecule has 0 aromatic carbocycles. The zero-order valence-corrected chi connectivity index (χ0v) is 11.8. The van der Waals surface area contributed by atoms with Crippen LogP contribution in [0, 0.1) is 6.92 Å². The maximum atomic E-state index is 11.9. The summed E-state index contributed by atoms with van der Waals surface area (Å²) >= 11 is 0. The van der Waals surface area contributed by atoms with Gasteiger partial charge in [0.25, 0.3) is 0 Å². The molecule has 1 heterocycles. The summed E-state index contributed by atoms with van der Waals surface area (Å²) in [6, 6.07) is 3.08. The molecule has 18 heavy (non-hydrogen) atoms. The first kappa shape index (κ1) is 14.9. The quantitative estimate of drug-likeness (QED) is 0.837. The SMILES string of the molecule is CCC(N)CS(=O)(=O)Cc1cc(OC)cc(C)n1. The number of rotatable bonds is 6. The van der Waals surface area contributed by atoms with E-state index in [2.05, 4.69) is 4.98 Å². The Bertz CT molecular complexity index is 500. The van der Waals surface area contributed by atoms with Gasteiger partial charge in [-0.1, -0.05) is 6.92 Å². The van der Waals surface area contributed by atoms with Gasteiger partial charge in [-0.3, -0.25) is 4.98 Å². The van der Waals surface area contributed by atoms with Gasteiger partial charge < -0.3 is 10.5 Å². The Hall–Kier alpha value is -1.14. The lowest BCUT2D eigenvalue weighted by Crippen LogP contribution is -2.29. The lowest BCUT2D eigenvalue weighted by Gasteiger charge is -2.10. The summed E-state index contributed by atoms with van der Waals surface area (Å²) in [7, 11) is -1.69. The molecule has 0 saturated carbocycles. The molecule has 1 atom stereocenters. The number of hydrogen-bond donors (Lipinski definition) is 1. The van der Waals surface area contributed by atoms with Gasteiger partial charge in [0.2, 0.25) is 0 Å². The fraction of sp³-hybridized carbons (Fsp3) is 0.583.